The predicted molar refractivity (Wildman–Crippen MR) is 95.4 cm³/mol. The minimum Gasteiger partial charge on any atom is -0.493 e. The summed E-state index contributed by atoms with van der Waals surface area (Å²) in [6.07, 6.45) is 2.30. The first-order chi connectivity index (χ1) is 11.6. The summed E-state index contributed by atoms with van der Waals surface area (Å²) in [6, 6.07) is 9.97. The minimum absolute atomic E-state index is 0.269. The Morgan fingerprint density at radius 1 is 1.12 bits per heavy atom. The molecule has 0 aliphatic heterocycles. The van der Waals surface area contributed by atoms with E-state index in [4.69, 9.17) is 21.1 Å². The van der Waals surface area contributed by atoms with E-state index >= 15 is 0 Å². The Hall–Kier alpha value is -1.78. The zero-order valence-corrected chi connectivity index (χ0v) is 14.8. The second-order valence-electron chi connectivity index (χ2n) is 5.55. The molecule has 2 aromatic rings. The van der Waals surface area contributed by atoms with Crippen LogP contribution in [0.15, 0.2) is 36.4 Å². The second-order valence-corrected chi connectivity index (χ2v) is 5.96. The maximum Gasteiger partial charge on any atom is 0.180 e. The number of benzene rings is 2. The zero-order chi connectivity index (χ0) is 17.4. The lowest BCUT2D eigenvalue weighted by molar-refractivity contribution is 0.284. The highest BCUT2D eigenvalue weighted by Crippen LogP contribution is 2.37. The van der Waals surface area contributed by atoms with Gasteiger partial charge in [-0.3, -0.25) is 0 Å². The van der Waals surface area contributed by atoms with E-state index < -0.39 is 0 Å². The van der Waals surface area contributed by atoms with Crippen molar-refractivity contribution >= 4 is 11.6 Å². The van der Waals surface area contributed by atoms with Gasteiger partial charge in [-0.05, 0) is 48.4 Å². The van der Waals surface area contributed by atoms with Gasteiger partial charge in [0.05, 0.1) is 12.1 Å². The summed E-state index contributed by atoms with van der Waals surface area (Å²) < 4.78 is 24.1. The third-order valence-electron chi connectivity index (χ3n) is 3.62. The number of halogens is 2. The molecule has 0 amide bonds. The Morgan fingerprint density at radius 3 is 2.54 bits per heavy atom. The number of hydrogen-bond donors (Lipinski definition) is 1. The van der Waals surface area contributed by atoms with Crippen molar-refractivity contribution in [1.29, 1.82) is 0 Å². The SMILES string of the molecule is CCCCNCc1cc(Cl)c(OCc2ccc(F)cc2)c(OC)c1. The second kappa shape index (κ2) is 9.50. The summed E-state index contributed by atoms with van der Waals surface area (Å²) in [5.74, 6) is 0.826. The molecule has 0 saturated heterocycles. The van der Waals surface area contributed by atoms with Gasteiger partial charge in [0.2, 0.25) is 0 Å². The van der Waals surface area contributed by atoms with Crippen molar-refractivity contribution in [2.45, 2.75) is 32.9 Å². The standard InChI is InChI=1S/C19H23ClFNO2/c1-3-4-9-22-12-15-10-17(20)19(18(11-15)23-2)24-13-14-5-7-16(21)8-6-14/h5-8,10-11,22H,3-4,9,12-13H2,1-2H3. The van der Waals surface area contributed by atoms with Crippen LogP contribution in [0.4, 0.5) is 4.39 Å². The monoisotopic (exact) mass is 351 g/mol. The quantitative estimate of drug-likeness (QED) is 0.648. The van der Waals surface area contributed by atoms with Crippen molar-refractivity contribution in [2.24, 2.45) is 0 Å². The van der Waals surface area contributed by atoms with Crippen molar-refractivity contribution < 1.29 is 13.9 Å². The van der Waals surface area contributed by atoms with Crippen LogP contribution in [0.2, 0.25) is 5.02 Å². The largest absolute Gasteiger partial charge is 0.493 e. The lowest BCUT2D eigenvalue weighted by atomic mass is 10.2. The van der Waals surface area contributed by atoms with E-state index in [9.17, 15) is 4.39 Å². The topological polar surface area (TPSA) is 30.5 Å². The molecule has 3 nitrogen and oxygen atoms in total. The van der Waals surface area contributed by atoms with Crippen molar-refractivity contribution in [2.75, 3.05) is 13.7 Å². The van der Waals surface area contributed by atoms with Gasteiger partial charge >= 0.3 is 0 Å². The Bertz CT molecular complexity index is 647. The third-order valence-corrected chi connectivity index (χ3v) is 3.90. The molecule has 0 bridgehead atoms. The highest BCUT2D eigenvalue weighted by Gasteiger charge is 2.12. The van der Waals surface area contributed by atoms with Crippen LogP contribution in [-0.2, 0) is 13.2 Å². The van der Waals surface area contributed by atoms with Crippen LogP contribution in [0.5, 0.6) is 11.5 Å². The van der Waals surface area contributed by atoms with Crippen molar-refractivity contribution in [3.8, 4) is 11.5 Å². The molecule has 0 spiro atoms. The molecule has 0 aliphatic rings. The molecular weight excluding hydrogens is 329 g/mol. The molecule has 0 radical (unpaired) electrons. The Morgan fingerprint density at radius 2 is 1.88 bits per heavy atom. The Kier molecular flexibility index (Phi) is 7.35. The zero-order valence-electron chi connectivity index (χ0n) is 14.1. The molecule has 24 heavy (non-hydrogen) atoms. The van der Waals surface area contributed by atoms with Crippen LogP contribution < -0.4 is 14.8 Å². The number of methoxy groups -OCH3 is 1. The molecule has 130 valence electrons. The van der Waals surface area contributed by atoms with Gasteiger partial charge in [0.25, 0.3) is 0 Å². The number of rotatable bonds is 9. The molecule has 1 N–H and O–H groups in total. The highest BCUT2D eigenvalue weighted by atomic mass is 35.5. The lowest BCUT2D eigenvalue weighted by Gasteiger charge is -2.14. The van der Waals surface area contributed by atoms with Crippen LogP contribution in [0.25, 0.3) is 0 Å². The van der Waals surface area contributed by atoms with E-state index in [1.165, 1.54) is 12.1 Å². The van der Waals surface area contributed by atoms with Gasteiger partial charge in [0, 0.05) is 6.54 Å². The molecule has 2 rings (SSSR count). The first-order valence-corrected chi connectivity index (χ1v) is 8.46. The number of unbranched alkanes of at least 4 members (excludes halogenated alkanes) is 1. The fraction of sp³-hybridized carbons (Fsp3) is 0.368. The molecule has 2 aromatic carbocycles. The van der Waals surface area contributed by atoms with Gasteiger partial charge in [0.15, 0.2) is 11.5 Å². The molecular formula is C19H23ClFNO2. The number of hydrogen-bond acceptors (Lipinski definition) is 3. The maximum absolute atomic E-state index is 12.9. The summed E-state index contributed by atoms with van der Waals surface area (Å²) in [5.41, 5.74) is 1.90. The van der Waals surface area contributed by atoms with Gasteiger partial charge in [-0.2, -0.15) is 0 Å². The minimum atomic E-state index is -0.269. The van der Waals surface area contributed by atoms with Crippen molar-refractivity contribution in [1.82, 2.24) is 5.32 Å². The van der Waals surface area contributed by atoms with Gasteiger partial charge in [-0.25, -0.2) is 4.39 Å². The summed E-state index contributed by atoms with van der Waals surface area (Å²) in [4.78, 5) is 0. The summed E-state index contributed by atoms with van der Waals surface area (Å²) >= 11 is 6.35. The normalized spacial score (nSPS) is 10.7. The lowest BCUT2D eigenvalue weighted by Crippen LogP contribution is -2.14. The molecule has 0 heterocycles. The first-order valence-electron chi connectivity index (χ1n) is 8.08. The van der Waals surface area contributed by atoms with Gasteiger partial charge in [-0.15, -0.1) is 0 Å². The molecule has 5 heteroatoms. The fourth-order valence-corrected chi connectivity index (χ4v) is 2.57. The smallest absolute Gasteiger partial charge is 0.180 e. The first kappa shape index (κ1) is 18.6. The molecule has 0 aliphatic carbocycles. The Balaban J connectivity index is 2.04. The average molecular weight is 352 g/mol. The molecule has 0 aromatic heterocycles. The number of nitrogens with one attached hydrogen (secondary N) is 1. The van der Waals surface area contributed by atoms with Crippen LogP contribution in [0.3, 0.4) is 0 Å². The van der Waals surface area contributed by atoms with E-state index in [0.717, 1.165) is 37.1 Å². The number of ether oxygens (including phenoxy) is 2. The molecule has 0 atom stereocenters. The van der Waals surface area contributed by atoms with Gasteiger partial charge in [0.1, 0.15) is 12.4 Å². The third kappa shape index (κ3) is 5.39. The maximum atomic E-state index is 12.9. The Labute approximate surface area is 147 Å². The van der Waals surface area contributed by atoms with Crippen LogP contribution in [-0.4, -0.2) is 13.7 Å². The van der Waals surface area contributed by atoms with E-state index in [0.29, 0.717) is 23.1 Å². The van der Waals surface area contributed by atoms with Crippen LogP contribution in [0.1, 0.15) is 30.9 Å². The van der Waals surface area contributed by atoms with E-state index in [2.05, 4.69) is 12.2 Å². The summed E-state index contributed by atoms with van der Waals surface area (Å²) in [6.45, 7) is 4.16. The molecule has 0 fully saturated rings. The van der Waals surface area contributed by atoms with Crippen LogP contribution >= 0.6 is 11.6 Å². The van der Waals surface area contributed by atoms with Gasteiger partial charge in [-0.1, -0.05) is 37.1 Å². The summed E-state index contributed by atoms with van der Waals surface area (Å²) in [7, 11) is 1.59. The fourth-order valence-electron chi connectivity index (χ4n) is 2.29. The van der Waals surface area contributed by atoms with Crippen molar-refractivity contribution in [3.63, 3.8) is 0 Å². The van der Waals surface area contributed by atoms with E-state index in [-0.39, 0.29) is 5.82 Å². The van der Waals surface area contributed by atoms with Crippen LogP contribution in [0, 0.1) is 5.82 Å². The molecule has 0 saturated carbocycles. The van der Waals surface area contributed by atoms with E-state index in [1.54, 1.807) is 19.2 Å². The van der Waals surface area contributed by atoms with Crippen molar-refractivity contribution in [3.05, 3.63) is 58.4 Å². The van der Waals surface area contributed by atoms with E-state index in [1.807, 2.05) is 12.1 Å². The van der Waals surface area contributed by atoms with Gasteiger partial charge < -0.3 is 14.8 Å². The average Bonchev–Trinajstić information content (AvgIpc) is 2.59. The summed E-state index contributed by atoms with van der Waals surface area (Å²) in [5, 5.41) is 3.88. The predicted octanol–water partition coefficient (Wildman–Crippen LogP) is 4.96. The highest BCUT2D eigenvalue weighted by molar-refractivity contribution is 6.32. The molecule has 0 unspecified atom stereocenters.